The van der Waals surface area contributed by atoms with Crippen molar-refractivity contribution in [3.05, 3.63) is 53.6 Å². The molecule has 116 valence electrons. The first-order valence-electron chi connectivity index (χ1n) is 7.90. The normalized spacial score (nSPS) is 10.8. The highest BCUT2D eigenvalue weighted by molar-refractivity contribution is 5.86. The molecular weight excluding hydrogens is 284 g/mol. The maximum Gasteiger partial charge on any atom is 0.157 e. The van der Waals surface area contributed by atoms with Gasteiger partial charge in [-0.3, -0.25) is 4.40 Å². The number of benzene rings is 1. The molecule has 3 aromatic rings. The number of para-hydroxylation sites is 2. The van der Waals surface area contributed by atoms with Crippen molar-refractivity contribution < 1.29 is 0 Å². The molecule has 4 nitrogen and oxygen atoms in total. The Balaban J connectivity index is 2.49. The molecule has 0 bridgehead atoms. The fourth-order valence-electron chi connectivity index (χ4n) is 3.01. The Morgan fingerprint density at radius 1 is 1.39 bits per heavy atom. The quantitative estimate of drug-likeness (QED) is 0.718. The van der Waals surface area contributed by atoms with Crippen molar-refractivity contribution in [2.45, 2.75) is 26.7 Å². The van der Waals surface area contributed by atoms with E-state index in [1.807, 2.05) is 37.3 Å². The van der Waals surface area contributed by atoms with Crippen molar-refractivity contribution in [1.29, 1.82) is 5.26 Å². The van der Waals surface area contributed by atoms with Gasteiger partial charge in [0, 0.05) is 12.1 Å². The van der Waals surface area contributed by atoms with E-state index in [9.17, 15) is 5.26 Å². The van der Waals surface area contributed by atoms with Gasteiger partial charge in [-0.25, -0.2) is 4.98 Å². The third-order valence-electron chi connectivity index (χ3n) is 4.12. The average Bonchev–Trinajstić information content (AvgIpc) is 2.94. The largest absolute Gasteiger partial charge is 0.371 e. The van der Waals surface area contributed by atoms with Crippen LogP contribution in [-0.2, 0) is 6.42 Å². The SMILES string of the molecule is C=CCc1c(C)c(C#N)c2nc3ccccc3n2c1NCCC. The van der Waals surface area contributed by atoms with Crippen LogP contribution in [0.5, 0.6) is 0 Å². The van der Waals surface area contributed by atoms with E-state index in [1.165, 1.54) is 0 Å². The van der Waals surface area contributed by atoms with Crippen molar-refractivity contribution in [2.24, 2.45) is 0 Å². The third-order valence-corrected chi connectivity index (χ3v) is 4.12. The Bertz CT molecular complexity index is 928. The summed E-state index contributed by atoms with van der Waals surface area (Å²) in [6.07, 6.45) is 3.63. The van der Waals surface area contributed by atoms with E-state index in [-0.39, 0.29) is 0 Å². The zero-order valence-electron chi connectivity index (χ0n) is 13.6. The standard InChI is InChI=1S/C19H20N4/c1-4-8-14-13(3)15(12-20)19-22-16-9-6-7-10-17(16)23(19)18(14)21-11-5-2/h4,6-7,9-10,21H,1,5,8,11H2,2-3H3. The van der Waals surface area contributed by atoms with Crippen LogP contribution < -0.4 is 5.32 Å². The number of fused-ring (bicyclic) bond motifs is 3. The number of pyridine rings is 1. The fourth-order valence-corrected chi connectivity index (χ4v) is 3.01. The second-order valence-electron chi connectivity index (χ2n) is 5.62. The second kappa shape index (κ2) is 6.13. The summed E-state index contributed by atoms with van der Waals surface area (Å²) in [4.78, 5) is 4.69. The lowest BCUT2D eigenvalue weighted by molar-refractivity contribution is 0.953. The summed E-state index contributed by atoms with van der Waals surface area (Å²) in [7, 11) is 0. The second-order valence-corrected chi connectivity index (χ2v) is 5.62. The molecule has 0 saturated carbocycles. The monoisotopic (exact) mass is 304 g/mol. The maximum atomic E-state index is 9.65. The molecule has 0 aliphatic rings. The van der Waals surface area contributed by atoms with Crippen molar-refractivity contribution in [2.75, 3.05) is 11.9 Å². The molecule has 23 heavy (non-hydrogen) atoms. The van der Waals surface area contributed by atoms with Gasteiger partial charge < -0.3 is 5.32 Å². The van der Waals surface area contributed by atoms with Crippen LogP contribution in [0.3, 0.4) is 0 Å². The number of anilines is 1. The zero-order chi connectivity index (χ0) is 16.4. The molecule has 3 rings (SSSR count). The van der Waals surface area contributed by atoms with E-state index in [0.29, 0.717) is 5.56 Å². The summed E-state index contributed by atoms with van der Waals surface area (Å²) in [5.41, 5.74) is 5.37. The molecule has 0 saturated heterocycles. The van der Waals surface area contributed by atoms with E-state index >= 15 is 0 Å². The molecule has 0 atom stereocenters. The van der Waals surface area contributed by atoms with Gasteiger partial charge in [-0.2, -0.15) is 5.26 Å². The van der Waals surface area contributed by atoms with E-state index < -0.39 is 0 Å². The first kappa shape index (κ1) is 15.1. The minimum absolute atomic E-state index is 0.639. The summed E-state index contributed by atoms with van der Waals surface area (Å²) in [6.45, 7) is 8.87. The summed E-state index contributed by atoms with van der Waals surface area (Å²) >= 11 is 0. The van der Waals surface area contributed by atoms with Crippen LogP contribution in [0.1, 0.15) is 30.0 Å². The summed E-state index contributed by atoms with van der Waals surface area (Å²) < 4.78 is 2.08. The van der Waals surface area contributed by atoms with Crippen LogP contribution in [0, 0.1) is 18.3 Å². The molecule has 2 heterocycles. The lowest BCUT2D eigenvalue weighted by atomic mass is 10.0. The summed E-state index contributed by atoms with van der Waals surface area (Å²) in [5, 5.41) is 13.2. The van der Waals surface area contributed by atoms with Crippen molar-refractivity contribution in [3.63, 3.8) is 0 Å². The summed E-state index contributed by atoms with van der Waals surface area (Å²) in [5.74, 6) is 1.02. The van der Waals surface area contributed by atoms with Gasteiger partial charge in [0.15, 0.2) is 5.65 Å². The molecule has 1 aromatic carbocycles. The highest BCUT2D eigenvalue weighted by atomic mass is 15.1. The van der Waals surface area contributed by atoms with Crippen LogP contribution in [0.15, 0.2) is 36.9 Å². The molecule has 0 amide bonds. The van der Waals surface area contributed by atoms with E-state index in [4.69, 9.17) is 4.98 Å². The minimum Gasteiger partial charge on any atom is -0.371 e. The third kappa shape index (κ3) is 2.35. The van der Waals surface area contributed by atoms with Gasteiger partial charge in [0.1, 0.15) is 11.9 Å². The van der Waals surface area contributed by atoms with Crippen LogP contribution in [0.25, 0.3) is 16.7 Å². The number of nitriles is 1. The van der Waals surface area contributed by atoms with Gasteiger partial charge >= 0.3 is 0 Å². The Morgan fingerprint density at radius 2 is 2.17 bits per heavy atom. The van der Waals surface area contributed by atoms with Crippen LogP contribution in [0.4, 0.5) is 5.82 Å². The predicted molar refractivity (Wildman–Crippen MR) is 94.8 cm³/mol. The number of aromatic nitrogens is 2. The number of hydrogen-bond acceptors (Lipinski definition) is 3. The van der Waals surface area contributed by atoms with Gasteiger partial charge in [-0.15, -0.1) is 6.58 Å². The first-order valence-corrected chi connectivity index (χ1v) is 7.90. The van der Waals surface area contributed by atoms with Crippen molar-refractivity contribution in [3.8, 4) is 6.07 Å². The zero-order valence-corrected chi connectivity index (χ0v) is 13.6. The fraction of sp³-hybridized carbons (Fsp3) is 0.263. The molecule has 0 fully saturated rings. The topological polar surface area (TPSA) is 53.1 Å². The summed E-state index contributed by atoms with van der Waals surface area (Å²) in [6, 6.07) is 10.3. The Labute approximate surface area is 136 Å². The van der Waals surface area contributed by atoms with Crippen molar-refractivity contribution in [1.82, 2.24) is 9.38 Å². The molecule has 0 aliphatic heterocycles. The maximum absolute atomic E-state index is 9.65. The first-order chi connectivity index (χ1) is 11.2. The smallest absolute Gasteiger partial charge is 0.157 e. The van der Waals surface area contributed by atoms with Gasteiger partial charge in [0.05, 0.1) is 16.6 Å². The number of rotatable bonds is 5. The number of imidazole rings is 1. The molecule has 0 spiro atoms. The van der Waals surface area contributed by atoms with Gasteiger partial charge in [-0.05, 0) is 37.5 Å². The lowest BCUT2D eigenvalue weighted by Gasteiger charge is -2.17. The number of nitrogens with zero attached hydrogens (tertiary/aromatic N) is 3. The lowest BCUT2D eigenvalue weighted by Crippen LogP contribution is -2.11. The molecular formula is C19H20N4. The van der Waals surface area contributed by atoms with Gasteiger partial charge in [-0.1, -0.05) is 25.1 Å². The molecule has 2 aromatic heterocycles. The minimum atomic E-state index is 0.639. The van der Waals surface area contributed by atoms with Crippen LogP contribution >= 0.6 is 0 Å². The highest BCUT2D eigenvalue weighted by Crippen LogP contribution is 2.31. The Hall–Kier alpha value is -2.80. The van der Waals surface area contributed by atoms with Crippen molar-refractivity contribution >= 4 is 22.5 Å². The van der Waals surface area contributed by atoms with E-state index in [0.717, 1.165) is 53.0 Å². The molecule has 4 heteroatoms. The van der Waals surface area contributed by atoms with E-state index in [1.54, 1.807) is 0 Å². The highest BCUT2D eigenvalue weighted by Gasteiger charge is 2.19. The Kier molecular flexibility index (Phi) is 4.03. The number of hydrogen-bond donors (Lipinski definition) is 1. The molecule has 1 N–H and O–H groups in total. The average molecular weight is 304 g/mol. The molecule has 0 aliphatic carbocycles. The van der Waals surface area contributed by atoms with Crippen LogP contribution in [0.2, 0.25) is 0 Å². The molecule has 0 radical (unpaired) electrons. The molecule has 0 unspecified atom stereocenters. The van der Waals surface area contributed by atoms with E-state index in [2.05, 4.69) is 29.3 Å². The van der Waals surface area contributed by atoms with Crippen LogP contribution in [-0.4, -0.2) is 15.9 Å². The van der Waals surface area contributed by atoms with Gasteiger partial charge in [0.25, 0.3) is 0 Å². The Morgan fingerprint density at radius 3 is 2.87 bits per heavy atom. The number of allylic oxidation sites excluding steroid dienone is 1. The predicted octanol–water partition coefficient (Wildman–Crippen LogP) is 4.22. The van der Waals surface area contributed by atoms with Gasteiger partial charge in [0.2, 0.25) is 0 Å². The number of nitrogens with one attached hydrogen (secondary N) is 1.